The van der Waals surface area contributed by atoms with Crippen LogP contribution < -0.4 is 10.6 Å². The van der Waals surface area contributed by atoms with Crippen molar-refractivity contribution in [1.29, 1.82) is 0 Å². The molecule has 1 aliphatic heterocycles. The second-order valence-electron chi connectivity index (χ2n) is 6.02. The molecule has 3 atom stereocenters. The Morgan fingerprint density at radius 1 is 1.26 bits per heavy atom. The Balaban J connectivity index is 2.07. The van der Waals surface area contributed by atoms with Gasteiger partial charge in [0.2, 0.25) is 0 Å². The summed E-state index contributed by atoms with van der Waals surface area (Å²) in [6.45, 7) is 6.73. The maximum Gasteiger partial charge on any atom is 0.0367 e. The average molecular weight is 261 g/mol. The van der Waals surface area contributed by atoms with Crippen LogP contribution in [0, 0.1) is 5.92 Å². The highest BCUT2D eigenvalue weighted by atomic mass is 15.2. The molecule has 0 spiro atoms. The van der Waals surface area contributed by atoms with Crippen LogP contribution in [0.4, 0.5) is 5.69 Å². The largest absolute Gasteiger partial charge is 0.370 e. The third-order valence-electron chi connectivity index (χ3n) is 4.36. The second kappa shape index (κ2) is 5.93. The lowest BCUT2D eigenvalue weighted by atomic mass is 10.1. The summed E-state index contributed by atoms with van der Waals surface area (Å²) in [5, 5.41) is 0. The maximum absolute atomic E-state index is 6.06. The minimum atomic E-state index is 0.168. The summed E-state index contributed by atoms with van der Waals surface area (Å²) in [6.07, 6.45) is 0.989. The molecule has 1 fully saturated rings. The molecule has 1 aromatic carbocycles. The summed E-state index contributed by atoms with van der Waals surface area (Å²) in [4.78, 5) is 4.82. The Morgan fingerprint density at radius 3 is 2.37 bits per heavy atom. The van der Waals surface area contributed by atoms with Gasteiger partial charge in [0, 0.05) is 30.9 Å². The van der Waals surface area contributed by atoms with Crippen molar-refractivity contribution < 1.29 is 0 Å². The molecule has 2 unspecified atom stereocenters. The minimum absolute atomic E-state index is 0.168. The maximum atomic E-state index is 6.06. The van der Waals surface area contributed by atoms with E-state index in [9.17, 15) is 0 Å². The van der Waals surface area contributed by atoms with Crippen molar-refractivity contribution in [3.05, 3.63) is 29.8 Å². The van der Waals surface area contributed by atoms with Crippen molar-refractivity contribution in [2.75, 3.05) is 32.1 Å². The van der Waals surface area contributed by atoms with Gasteiger partial charge in [-0.1, -0.05) is 26.0 Å². The van der Waals surface area contributed by atoms with Crippen molar-refractivity contribution >= 4 is 5.69 Å². The lowest BCUT2D eigenvalue weighted by Crippen LogP contribution is -2.34. The molecule has 0 aliphatic carbocycles. The summed E-state index contributed by atoms with van der Waals surface area (Å²) in [5.74, 6) is 0.715. The third-order valence-corrected chi connectivity index (χ3v) is 4.36. The van der Waals surface area contributed by atoms with Crippen LogP contribution in [0.25, 0.3) is 0 Å². The van der Waals surface area contributed by atoms with Gasteiger partial charge in [0.15, 0.2) is 0 Å². The number of nitrogens with two attached hydrogens (primary N) is 1. The molecule has 2 rings (SSSR count). The SMILES string of the molecule is CC[C@@H](N)c1ccc(N2CC(C)C(N(C)C)C2)cc1. The van der Waals surface area contributed by atoms with Gasteiger partial charge in [0.05, 0.1) is 0 Å². The van der Waals surface area contributed by atoms with Gasteiger partial charge in [-0.15, -0.1) is 0 Å². The van der Waals surface area contributed by atoms with Crippen LogP contribution in [-0.2, 0) is 0 Å². The van der Waals surface area contributed by atoms with E-state index in [-0.39, 0.29) is 6.04 Å². The van der Waals surface area contributed by atoms with Crippen LogP contribution in [0.1, 0.15) is 31.9 Å². The lowest BCUT2D eigenvalue weighted by Gasteiger charge is -2.23. The lowest BCUT2D eigenvalue weighted by molar-refractivity contribution is 0.266. The molecule has 19 heavy (non-hydrogen) atoms. The predicted octanol–water partition coefficient (Wildman–Crippen LogP) is 2.48. The quantitative estimate of drug-likeness (QED) is 0.904. The highest BCUT2D eigenvalue weighted by molar-refractivity contribution is 5.49. The smallest absolute Gasteiger partial charge is 0.0367 e. The Hall–Kier alpha value is -1.06. The van der Waals surface area contributed by atoms with Crippen LogP contribution in [0.3, 0.4) is 0 Å². The van der Waals surface area contributed by atoms with E-state index in [1.807, 2.05) is 0 Å². The number of benzene rings is 1. The molecule has 2 N–H and O–H groups in total. The van der Waals surface area contributed by atoms with E-state index >= 15 is 0 Å². The first-order valence-corrected chi connectivity index (χ1v) is 7.29. The Labute approximate surface area is 117 Å². The molecule has 0 saturated carbocycles. The topological polar surface area (TPSA) is 32.5 Å². The molecule has 1 aliphatic rings. The van der Waals surface area contributed by atoms with Crippen LogP contribution in [0.15, 0.2) is 24.3 Å². The van der Waals surface area contributed by atoms with Gasteiger partial charge in [-0.25, -0.2) is 0 Å². The highest BCUT2D eigenvalue weighted by Gasteiger charge is 2.30. The fourth-order valence-corrected chi connectivity index (χ4v) is 3.00. The van der Waals surface area contributed by atoms with Crippen LogP contribution in [-0.4, -0.2) is 38.1 Å². The number of nitrogens with zero attached hydrogens (tertiary/aromatic N) is 2. The van der Waals surface area contributed by atoms with Gasteiger partial charge in [-0.3, -0.25) is 0 Å². The van der Waals surface area contributed by atoms with Crippen LogP contribution in [0.2, 0.25) is 0 Å². The normalized spacial score (nSPS) is 25.1. The molecule has 0 aromatic heterocycles. The summed E-state index contributed by atoms with van der Waals surface area (Å²) in [7, 11) is 4.35. The van der Waals surface area contributed by atoms with E-state index in [1.165, 1.54) is 11.3 Å². The molecule has 106 valence electrons. The fourth-order valence-electron chi connectivity index (χ4n) is 3.00. The van der Waals surface area contributed by atoms with Crippen molar-refractivity contribution in [2.45, 2.75) is 32.4 Å². The molecule has 3 heteroatoms. The third kappa shape index (κ3) is 3.10. The van der Waals surface area contributed by atoms with Gasteiger partial charge >= 0.3 is 0 Å². The number of anilines is 1. The Kier molecular flexibility index (Phi) is 4.48. The zero-order valence-electron chi connectivity index (χ0n) is 12.6. The molecule has 0 bridgehead atoms. The molecule has 1 heterocycles. The second-order valence-corrected chi connectivity index (χ2v) is 6.02. The number of likely N-dealkylation sites (N-methyl/N-ethyl adjacent to an activating group) is 1. The van der Waals surface area contributed by atoms with Crippen molar-refractivity contribution in [3.8, 4) is 0 Å². The summed E-state index contributed by atoms with van der Waals surface area (Å²) in [5.41, 5.74) is 8.62. The van der Waals surface area contributed by atoms with Crippen LogP contribution >= 0.6 is 0 Å². The van der Waals surface area contributed by atoms with Crippen molar-refractivity contribution in [1.82, 2.24) is 4.90 Å². The highest BCUT2D eigenvalue weighted by Crippen LogP contribution is 2.27. The van der Waals surface area contributed by atoms with Crippen molar-refractivity contribution in [3.63, 3.8) is 0 Å². The van der Waals surface area contributed by atoms with E-state index in [0.717, 1.165) is 19.5 Å². The van der Waals surface area contributed by atoms with E-state index in [1.54, 1.807) is 0 Å². The van der Waals surface area contributed by atoms with Gasteiger partial charge in [0.25, 0.3) is 0 Å². The van der Waals surface area contributed by atoms with Gasteiger partial charge in [-0.2, -0.15) is 0 Å². The molecule has 1 aromatic rings. The summed E-state index contributed by atoms with van der Waals surface area (Å²) < 4.78 is 0. The van der Waals surface area contributed by atoms with E-state index in [4.69, 9.17) is 5.73 Å². The van der Waals surface area contributed by atoms with Crippen molar-refractivity contribution in [2.24, 2.45) is 11.7 Å². The Bertz CT molecular complexity index is 399. The summed E-state index contributed by atoms with van der Waals surface area (Å²) in [6, 6.07) is 9.61. The standard InChI is InChI=1S/C16H27N3/c1-5-15(17)13-6-8-14(9-7-13)19-10-12(2)16(11-19)18(3)4/h6-9,12,15-16H,5,10-11,17H2,1-4H3/t12?,15-,16?/m1/s1. The zero-order valence-corrected chi connectivity index (χ0v) is 12.6. The number of hydrogen-bond donors (Lipinski definition) is 1. The van der Waals surface area contributed by atoms with Gasteiger partial charge in [0.1, 0.15) is 0 Å². The Morgan fingerprint density at radius 2 is 1.89 bits per heavy atom. The predicted molar refractivity (Wildman–Crippen MR) is 82.5 cm³/mol. The molecule has 0 amide bonds. The van der Waals surface area contributed by atoms with Gasteiger partial charge < -0.3 is 15.5 Å². The van der Waals surface area contributed by atoms with E-state index in [2.05, 4.69) is 62.0 Å². The first-order chi connectivity index (χ1) is 9.02. The number of rotatable bonds is 4. The molecular weight excluding hydrogens is 234 g/mol. The molecule has 3 nitrogen and oxygen atoms in total. The molecule has 0 radical (unpaired) electrons. The van der Waals surface area contributed by atoms with E-state index in [0.29, 0.717) is 12.0 Å². The first kappa shape index (κ1) is 14.4. The molecular formula is C16H27N3. The fraction of sp³-hybridized carbons (Fsp3) is 0.625. The summed E-state index contributed by atoms with van der Waals surface area (Å²) >= 11 is 0. The van der Waals surface area contributed by atoms with Gasteiger partial charge in [-0.05, 0) is 44.1 Å². The molecule has 1 saturated heterocycles. The number of hydrogen-bond acceptors (Lipinski definition) is 3. The zero-order chi connectivity index (χ0) is 14.0. The first-order valence-electron chi connectivity index (χ1n) is 7.29. The monoisotopic (exact) mass is 261 g/mol. The van der Waals surface area contributed by atoms with Crippen LogP contribution in [0.5, 0.6) is 0 Å². The minimum Gasteiger partial charge on any atom is -0.370 e. The average Bonchev–Trinajstić information content (AvgIpc) is 2.80. The van der Waals surface area contributed by atoms with E-state index < -0.39 is 0 Å².